The van der Waals surface area contributed by atoms with Crippen LogP contribution in [0.3, 0.4) is 0 Å². The fourth-order valence-electron chi connectivity index (χ4n) is 4.43. The molecule has 0 bridgehead atoms. The molecular weight excluding hydrogens is 569 g/mol. The van der Waals surface area contributed by atoms with Crippen LogP contribution in [0, 0.1) is 0 Å². The van der Waals surface area contributed by atoms with Gasteiger partial charge < -0.3 is 13.3 Å². The molecule has 14 nitrogen and oxygen atoms in total. The molecule has 0 unspecified atom stereocenters. The first kappa shape index (κ1) is 38.5. The standard InChI is InChI=1S/C20H55N8O6P3Si/c1-21(2)35(29,22(3)4)27(17-16-20-38(32-13,33-14)34-15)18-19-28(36(30,23(5)6)24(7)8)37(31,25(9)10)26(11)12/h16-20H2,1-15H3. The maximum atomic E-state index is 14.6. The number of rotatable bonds is 19. The molecule has 0 atom stereocenters. The van der Waals surface area contributed by atoms with E-state index in [1.807, 2.05) is 4.67 Å². The predicted molar refractivity (Wildman–Crippen MR) is 159 cm³/mol. The highest BCUT2D eigenvalue weighted by Crippen LogP contribution is 2.69. The van der Waals surface area contributed by atoms with Crippen molar-refractivity contribution in [2.45, 2.75) is 12.5 Å². The van der Waals surface area contributed by atoms with Gasteiger partial charge in [0.1, 0.15) is 0 Å². The third-order valence-corrected chi connectivity index (χ3v) is 19.7. The van der Waals surface area contributed by atoms with Gasteiger partial charge in [-0.15, -0.1) is 0 Å². The molecule has 0 saturated carbocycles. The molecule has 0 radical (unpaired) electrons. The minimum Gasteiger partial charge on any atom is -0.377 e. The molecule has 18 heteroatoms. The van der Waals surface area contributed by atoms with Crippen molar-refractivity contribution in [2.75, 3.05) is 126 Å². The van der Waals surface area contributed by atoms with Crippen molar-refractivity contribution in [1.29, 1.82) is 0 Å². The van der Waals surface area contributed by atoms with Gasteiger partial charge in [-0.2, -0.15) is 4.44 Å². The summed E-state index contributed by atoms with van der Waals surface area (Å²) in [6.07, 6.45) is 0.589. The SMILES string of the molecule is CO[Si](CCCN(CCN(P(=O)(N(C)C)N(C)C)P(=O)(N(C)C)N(C)C)P(=O)(N(C)C)N(C)C)(OC)OC. The molecule has 230 valence electrons. The van der Waals surface area contributed by atoms with Gasteiger partial charge in [0.15, 0.2) is 0 Å². The zero-order chi connectivity index (χ0) is 30.3. The summed E-state index contributed by atoms with van der Waals surface area (Å²) in [7, 11) is 12.6. The Hall–Kier alpha value is 0.467. The summed E-state index contributed by atoms with van der Waals surface area (Å²) in [6, 6.07) is 0.527. The van der Waals surface area contributed by atoms with Crippen LogP contribution in [0.1, 0.15) is 6.42 Å². The number of hydrogen-bond acceptors (Lipinski definition) is 6. The van der Waals surface area contributed by atoms with E-state index >= 15 is 0 Å². The van der Waals surface area contributed by atoms with Gasteiger partial charge in [0.25, 0.3) is 22.8 Å². The maximum absolute atomic E-state index is 14.6. The Morgan fingerprint density at radius 2 is 0.816 bits per heavy atom. The van der Waals surface area contributed by atoms with Crippen molar-refractivity contribution in [3.05, 3.63) is 0 Å². The molecule has 0 fully saturated rings. The van der Waals surface area contributed by atoms with Crippen molar-refractivity contribution in [2.24, 2.45) is 0 Å². The van der Waals surface area contributed by atoms with Crippen LogP contribution in [-0.2, 0) is 27.0 Å². The topological polar surface area (TPSA) is 105 Å². The van der Waals surface area contributed by atoms with Crippen LogP contribution >= 0.6 is 22.8 Å². The number of nitrogens with zero attached hydrogens (tertiary/aromatic N) is 8. The van der Waals surface area contributed by atoms with Crippen molar-refractivity contribution in [3.8, 4) is 0 Å². The van der Waals surface area contributed by atoms with Crippen molar-refractivity contribution in [1.82, 2.24) is 37.1 Å². The van der Waals surface area contributed by atoms with Crippen molar-refractivity contribution < 1.29 is 27.0 Å². The Balaban J connectivity index is 6.68. The van der Waals surface area contributed by atoms with Gasteiger partial charge in [0, 0.05) is 47.0 Å². The van der Waals surface area contributed by atoms with E-state index in [9.17, 15) is 13.7 Å². The molecule has 0 aromatic rings. The average Bonchev–Trinajstić information content (AvgIpc) is 2.83. The summed E-state index contributed by atoms with van der Waals surface area (Å²) in [5, 5.41) is 0. The molecule has 0 spiro atoms. The quantitative estimate of drug-likeness (QED) is 0.155. The zero-order valence-electron chi connectivity index (χ0n) is 26.4. The predicted octanol–water partition coefficient (Wildman–Crippen LogP) is 2.55. The third-order valence-electron chi connectivity index (χ3n) is 6.49. The van der Waals surface area contributed by atoms with Gasteiger partial charge in [-0.1, -0.05) is 0 Å². The summed E-state index contributed by atoms with van der Waals surface area (Å²) in [4.78, 5) is 0. The fourth-order valence-corrected chi connectivity index (χ4v) is 15.5. The molecule has 0 amide bonds. The Labute approximate surface area is 233 Å². The molecule has 0 saturated heterocycles. The Bertz CT molecular complexity index is 782. The van der Waals surface area contributed by atoms with E-state index in [1.54, 1.807) is 138 Å². The van der Waals surface area contributed by atoms with Gasteiger partial charge in [-0.3, -0.25) is 13.7 Å². The smallest absolute Gasteiger partial charge is 0.377 e. The molecule has 0 aromatic carbocycles. The minimum absolute atomic E-state index is 0.133. The van der Waals surface area contributed by atoms with Crippen molar-refractivity contribution in [3.63, 3.8) is 0 Å². The average molecular weight is 625 g/mol. The normalized spacial score (nSPS) is 14.6. The van der Waals surface area contributed by atoms with Gasteiger partial charge in [0.2, 0.25) is 0 Å². The van der Waals surface area contributed by atoms with Gasteiger partial charge in [-0.05, 0) is 91.0 Å². The highest BCUT2D eigenvalue weighted by Gasteiger charge is 2.50. The van der Waals surface area contributed by atoms with Crippen LogP contribution in [-0.4, -0.2) is 171 Å². The van der Waals surface area contributed by atoms with Crippen LogP contribution in [0.4, 0.5) is 0 Å². The second kappa shape index (κ2) is 15.6. The monoisotopic (exact) mass is 624 g/mol. The lowest BCUT2D eigenvalue weighted by atomic mass is 10.4. The second-order valence-electron chi connectivity index (χ2n) is 10.1. The van der Waals surface area contributed by atoms with Crippen LogP contribution < -0.4 is 0 Å². The first-order chi connectivity index (χ1) is 17.3. The van der Waals surface area contributed by atoms with Crippen LogP contribution in [0.2, 0.25) is 6.04 Å². The van der Waals surface area contributed by atoms with Gasteiger partial charge >= 0.3 is 8.80 Å². The van der Waals surface area contributed by atoms with Gasteiger partial charge in [0.05, 0.1) is 0 Å². The van der Waals surface area contributed by atoms with Gasteiger partial charge in [-0.25, -0.2) is 32.7 Å². The first-order valence-corrected chi connectivity index (χ1v) is 19.0. The Morgan fingerprint density at radius 3 is 1.08 bits per heavy atom. The summed E-state index contributed by atoms with van der Waals surface area (Å²) in [5.74, 6) is 0. The van der Waals surface area contributed by atoms with E-state index in [1.165, 1.54) is 0 Å². The third kappa shape index (κ3) is 8.05. The van der Waals surface area contributed by atoms with Crippen LogP contribution in [0.15, 0.2) is 0 Å². The lowest BCUT2D eigenvalue weighted by molar-refractivity contribution is 0.122. The van der Waals surface area contributed by atoms with E-state index in [-0.39, 0.29) is 13.1 Å². The molecule has 0 aliphatic carbocycles. The van der Waals surface area contributed by atoms with Crippen LogP contribution in [0.5, 0.6) is 0 Å². The Morgan fingerprint density at radius 1 is 0.500 bits per heavy atom. The largest absolute Gasteiger partial charge is 0.500 e. The van der Waals surface area contributed by atoms with E-state index < -0.39 is 31.6 Å². The molecule has 0 N–H and O–H groups in total. The first-order valence-electron chi connectivity index (χ1n) is 12.4. The van der Waals surface area contributed by atoms with E-state index in [4.69, 9.17) is 13.3 Å². The fraction of sp³-hybridized carbons (Fsp3) is 1.00. The second-order valence-corrected chi connectivity index (χ2v) is 22.9. The molecule has 0 rings (SSSR count). The summed E-state index contributed by atoms with van der Waals surface area (Å²) in [5.41, 5.74) is 0. The molecular formula is C20H55N8O6P3Si. The highest BCUT2D eigenvalue weighted by molar-refractivity contribution is 7.71. The molecule has 0 heterocycles. The molecule has 0 aliphatic rings. The van der Waals surface area contributed by atoms with E-state index in [2.05, 4.69) is 0 Å². The summed E-state index contributed by atoms with van der Waals surface area (Å²) < 4.78 is 73.6. The summed E-state index contributed by atoms with van der Waals surface area (Å²) in [6.45, 7) is 0.801. The Kier molecular flexibility index (Phi) is 15.8. The van der Waals surface area contributed by atoms with E-state index in [0.29, 0.717) is 19.0 Å². The summed E-state index contributed by atoms with van der Waals surface area (Å²) >= 11 is 0. The van der Waals surface area contributed by atoms with Crippen LogP contribution in [0.25, 0.3) is 0 Å². The number of hydrogen-bond donors (Lipinski definition) is 0. The molecule has 0 aromatic heterocycles. The zero-order valence-corrected chi connectivity index (χ0v) is 30.1. The highest BCUT2D eigenvalue weighted by atomic mass is 31.2. The maximum Gasteiger partial charge on any atom is 0.500 e. The minimum atomic E-state index is -3.47. The lowest BCUT2D eigenvalue weighted by Crippen LogP contribution is -2.45. The van der Waals surface area contributed by atoms with Crippen molar-refractivity contribution >= 4 is 31.6 Å². The molecule has 0 aliphatic heterocycles. The lowest BCUT2D eigenvalue weighted by Gasteiger charge is -2.47. The van der Waals surface area contributed by atoms with E-state index in [0.717, 1.165) is 0 Å². The molecule has 38 heavy (non-hydrogen) atoms.